The molecular weight excluding hydrogens is 458 g/mol. The first-order valence-electron chi connectivity index (χ1n) is 14.7. The van der Waals surface area contributed by atoms with Crippen molar-refractivity contribution in [2.24, 2.45) is 35.0 Å². The number of hydrogen-bond acceptors (Lipinski definition) is 4. The summed E-state index contributed by atoms with van der Waals surface area (Å²) in [5.74, 6) is 1.82. The predicted molar refractivity (Wildman–Crippen MR) is 155 cm³/mol. The lowest BCUT2D eigenvalue weighted by Crippen LogP contribution is -2.58. The van der Waals surface area contributed by atoms with Gasteiger partial charge in [-0.05, 0) is 88.0 Å². The fourth-order valence-electron chi connectivity index (χ4n) is 6.60. The highest BCUT2D eigenvalue weighted by molar-refractivity contribution is 5.72. The Hall–Kier alpha value is -1.39. The van der Waals surface area contributed by atoms with Crippen LogP contribution in [0.15, 0.2) is 30.3 Å². The number of benzene rings is 1. The van der Waals surface area contributed by atoms with E-state index >= 15 is 0 Å². The fourth-order valence-corrected chi connectivity index (χ4v) is 6.60. The highest BCUT2D eigenvalue weighted by Crippen LogP contribution is 2.47. The lowest BCUT2D eigenvalue weighted by molar-refractivity contribution is -0.311. The molecule has 0 N–H and O–H groups in total. The minimum Gasteiger partial charge on any atom is -0.462 e. The Morgan fingerprint density at radius 1 is 0.892 bits per heavy atom. The SMILES string of the molecule is CC(CC(C)(C(C)C(C)C)C(C)C(C)C)C(=O)OCC(ON1C(C)(C)CCCC1(C)C)c1ccccc1. The number of hydrogen-bond donors (Lipinski definition) is 0. The summed E-state index contributed by atoms with van der Waals surface area (Å²) in [7, 11) is 0. The van der Waals surface area contributed by atoms with Crippen LogP contribution >= 0.6 is 0 Å². The third-order valence-corrected chi connectivity index (χ3v) is 9.69. The summed E-state index contributed by atoms with van der Waals surface area (Å²) in [6, 6.07) is 10.2. The van der Waals surface area contributed by atoms with Gasteiger partial charge in [0, 0.05) is 11.1 Å². The molecule has 0 aliphatic carbocycles. The number of esters is 1. The molecule has 0 radical (unpaired) electrons. The summed E-state index contributed by atoms with van der Waals surface area (Å²) < 4.78 is 6.03. The predicted octanol–water partition coefficient (Wildman–Crippen LogP) is 8.86. The van der Waals surface area contributed by atoms with E-state index in [0.717, 1.165) is 24.8 Å². The van der Waals surface area contributed by atoms with E-state index in [1.54, 1.807) is 0 Å². The van der Waals surface area contributed by atoms with E-state index in [2.05, 4.69) is 93.4 Å². The van der Waals surface area contributed by atoms with Crippen molar-refractivity contribution in [3.05, 3.63) is 35.9 Å². The molecule has 1 aromatic carbocycles. The van der Waals surface area contributed by atoms with Gasteiger partial charge in [-0.3, -0.25) is 9.63 Å². The Labute approximate surface area is 228 Å². The molecule has 37 heavy (non-hydrogen) atoms. The second-order valence-corrected chi connectivity index (χ2v) is 14.1. The molecule has 4 nitrogen and oxygen atoms in total. The smallest absolute Gasteiger partial charge is 0.308 e. The third kappa shape index (κ3) is 7.82. The Balaban J connectivity index is 2.20. The van der Waals surface area contributed by atoms with Crippen molar-refractivity contribution in [1.29, 1.82) is 0 Å². The molecule has 1 fully saturated rings. The second-order valence-electron chi connectivity index (χ2n) is 14.1. The molecule has 1 aliphatic rings. The van der Waals surface area contributed by atoms with Gasteiger partial charge in [-0.2, -0.15) is 5.06 Å². The molecule has 1 aliphatic heterocycles. The average Bonchev–Trinajstić information content (AvgIpc) is 2.81. The van der Waals surface area contributed by atoms with E-state index in [-0.39, 0.29) is 41.1 Å². The number of ether oxygens (including phenoxy) is 1. The summed E-state index contributed by atoms with van der Waals surface area (Å²) >= 11 is 0. The molecule has 4 heteroatoms. The Kier molecular flexibility index (Phi) is 10.9. The topological polar surface area (TPSA) is 38.8 Å². The number of rotatable bonds is 12. The number of piperidine rings is 1. The quantitative estimate of drug-likeness (QED) is 0.261. The largest absolute Gasteiger partial charge is 0.462 e. The molecule has 0 spiro atoms. The van der Waals surface area contributed by atoms with E-state index in [1.807, 2.05) is 25.1 Å². The van der Waals surface area contributed by atoms with Gasteiger partial charge in [0.25, 0.3) is 0 Å². The molecule has 2 rings (SSSR count). The summed E-state index contributed by atoms with van der Waals surface area (Å²) in [4.78, 5) is 20.1. The van der Waals surface area contributed by atoms with E-state index in [4.69, 9.17) is 9.57 Å². The summed E-state index contributed by atoms with van der Waals surface area (Å²) in [5, 5.41) is 2.17. The highest BCUT2D eigenvalue weighted by atomic mass is 16.7. The zero-order valence-corrected chi connectivity index (χ0v) is 26.1. The van der Waals surface area contributed by atoms with Crippen LogP contribution in [0, 0.1) is 35.0 Å². The van der Waals surface area contributed by atoms with Crippen molar-refractivity contribution in [2.45, 2.75) is 126 Å². The zero-order valence-electron chi connectivity index (χ0n) is 26.1. The van der Waals surface area contributed by atoms with E-state index < -0.39 is 0 Å². The van der Waals surface area contributed by atoms with Gasteiger partial charge in [-0.1, -0.05) is 85.7 Å². The lowest BCUT2D eigenvalue weighted by atomic mass is 9.59. The van der Waals surface area contributed by atoms with Crippen LogP contribution in [0.4, 0.5) is 0 Å². The Morgan fingerprint density at radius 3 is 1.84 bits per heavy atom. The maximum absolute atomic E-state index is 13.4. The van der Waals surface area contributed by atoms with Gasteiger partial charge in [0.05, 0.1) is 5.92 Å². The van der Waals surface area contributed by atoms with Gasteiger partial charge < -0.3 is 4.74 Å². The molecule has 0 bridgehead atoms. The second kappa shape index (κ2) is 12.6. The summed E-state index contributed by atoms with van der Waals surface area (Å²) in [6.45, 7) is 27.5. The van der Waals surface area contributed by atoms with Crippen LogP contribution < -0.4 is 0 Å². The molecule has 212 valence electrons. The molecule has 0 amide bonds. The molecule has 4 atom stereocenters. The minimum absolute atomic E-state index is 0.0535. The number of carbonyl (C=O) groups excluding carboxylic acids is 1. The van der Waals surface area contributed by atoms with Crippen molar-refractivity contribution in [2.75, 3.05) is 6.61 Å². The van der Waals surface area contributed by atoms with Gasteiger partial charge in [-0.15, -0.1) is 0 Å². The summed E-state index contributed by atoms with van der Waals surface area (Å²) in [6.07, 6.45) is 3.83. The average molecular weight is 516 g/mol. The summed E-state index contributed by atoms with van der Waals surface area (Å²) in [5.41, 5.74) is 0.909. The molecule has 1 heterocycles. The van der Waals surface area contributed by atoms with Crippen LogP contribution in [0.2, 0.25) is 0 Å². The van der Waals surface area contributed by atoms with Crippen molar-refractivity contribution >= 4 is 5.97 Å². The molecular formula is C33H57NO3. The fraction of sp³-hybridized carbons (Fsp3) is 0.788. The maximum Gasteiger partial charge on any atom is 0.308 e. The number of carbonyl (C=O) groups is 1. The monoisotopic (exact) mass is 515 g/mol. The Bertz CT molecular complexity index is 814. The lowest BCUT2D eigenvalue weighted by Gasteiger charge is -2.52. The van der Waals surface area contributed by atoms with Crippen LogP contribution in [0.1, 0.15) is 120 Å². The first kappa shape index (κ1) is 31.8. The van der Waals surface area contributed by atoms with Crippen LogP contribution in [0.25, 0.3) is 0 Å². The molecule has 0 aromatic heterocycles. The van der Waals surface area contributed by atoms with Crippen LogP contribution in [0.3, 0.4) is 0 Å². The van der Waals surface area contributed by atoms with E-state index in [0.29, 0.717) is 23.7 Å². The standard InChI is InChI=1S/C33H57NO3/c1-23(2)26(6)33(12,27(7)24(3)4)21-25(5)30(35)36-22-29(28-17-14-13-15-18-28)37-34-31(8,9)19-16-20-32(34,10)11/h13-15,17-18,23-27,29H,16,19-22H2,1-12H3. The van der Waals surface area contributed by atoms with Crippen molar-refractivity contribution in [1.82, 2.24) is 5.06 Å². The molecule has 1 aromatic rings. The van der Waals surface area contributed by atoms with Crippen molar-refractivity contribution in [3.8, 4) is 0 Å². The third-order valence-electron chi connectivity index (χ3n) is 9.69. The zero-order chi connectivity index (χ0) is 28.2. The van der Waals surface area contributed by atoms with Crippen molar-refractivity contribution < 1.29 is 14.4 Å². The Morgan fingerprint density at radius 2 is 1.38 bits per heavy atom. The van der Waals surface area contributed by atoms with Crippen molar-refractivity contribution in [3.63, 3.8) is 0 Å². The maximum atomic E-state index is 13.4. The van der Waals surface area contributed by atoms with Gasteiger partial charge in [0.15, 0.2) is 0 Å². The van der Waals surface area contributed by atoms with E-state index in [1.165, 1.54) is 6.42 Å². The normalized spacial score (nSPS) is 22.8. The molecule has 1 saturated heterocycles. The number of nitrogens with zero attached hydrogens (tertiary/aromatic N) is 1. The highest BCUT2D eigenvalue weighted by Gasteiger charge is 2.44. The van der Waals surface area contributed by atoms with E-state index in [9.17, 15) is 4.79 Å². The first-order chi connectivity index (χ1) is 17.0. The minimum atomic E-state index is -0.343. The van der Waals surface area contributed by atoms with Gasteiger partial charge in [-0.25, -0.2) is 0 Å². The van der Waals surface area contributed by atoms with Gasteiger partial charge in [0.2, 0.25) is 0 Å². The van der Waals surface area contributed by atoms with Gasteiger partial charge in [0.1, 0.15) is 12.7 Å². The van der Waals surface area contributed by atoms with Crippen LogP contribution in [-0.2, 0) is 14.4 Å². The molecule has 4 unspecified atom stereocenters. The molecule has 0 saturated carbocycles. The number of hydroxylamine groups is 2. The van der Waals surface area contributed by atoms with Gasteiger partial charge >= 0.3 is 5.97 Å². The first-order valence-corrected chi connectivity index (χ1v) is 14.7. The van der Waals surface area contributed by atoms with Crippen LogP contribution in [0.5, 0.6) is 0 Å². The van der Waals surface area contributed by atoms with Crippen LogP contribution in [-0.4, -0.2) is 28.7 Å².